The Kier molecular flexibility index (Phi) is 5.52. The Morgan fingerprint density at radius 2 is 1.79 bits per heavy atom. The van der Waals surface area contributed by atoms with Crippen LogP contribution < -0.4 is 10.5 Å². The summed E-state index contributed by atoms with van der Waals surface area (Å²) in [5.41, 5.74) is 6.84. The van der Waals surface area contributed by atoms with E-state index in [0.717, 1.165) is 5.56 Å². The number of nitrogens with one attached hydrogen (secondary N) is 1. The molecule has 0 spiro atoms. The molecule has 19 heavy (non-hydrogen) atoms. The van der Waals surface area contributed by atoms with Gasteiger partial charge in [-0.25, -0.2) is 13.1 Å². The first kappa shape index (κ1) is 16.1. The molecule has 5 heteroatoms. The molecule has 0 fully saturated rings. The van der Waals surface area contributed by atoms with Crippen LogP contribution in [0.3, 0.4) is 0 Å². The topological polar surface area (TPSA) is 72.2 Å². The number of rotatable bonds is 6. The van der Waals surface area contributed by atoms with Gasteiger partial charge in [0.1, 0.15) is 0 Å². The van der Waals surface area contributed by atoms with Crippen LogP contribution >= 0.6 is 0 Å². The van der Waals surface area contributed by atoms with Gasteiger partial charge in [-0.15, -0.1) is 0 Å². The van der Waals surface area contributed by atoms with E-state index in [9.17, 15) is 8.42 Å². The fourth-order valence-corrected chi connectivity index (χ4v) is 3.83. The summed E-state index contributed by atoms with van der Waals surface area (Å²) in [7, 11) is -3.46. The Balaban J connectivity index is 3.37. The maximum Gasteiger partial charge on any atom is 0.240 e. The molecule has 0 radical (unpaired) electrons. The van der Waals surface area contributed by atoms with Crippen molar-refractivity contribution < 1.29 is 8.42 Å². The summed E-state index contributed by atoms with van der Waals surface area (Å²) in [5, 5.41) is 0. The van der Waals surface area contributed by atoms with Crippen molar-refractivity contribution in [2.24, 2.45) is 11.7 Å². The molecule has 4 nitrogen and oxygen atoms in total. The summed E-state index contributed by atoms with van der Waals surface area (Å²) in [6.45, 7) is 8.18. The molecule has 0 aliphatic rings. The van der Waals surface area contributed by atoms with E-state index in [1.54, 1.807) is 19.1 Å². The van der Waals surface area contributed by atoms with Crippen molar-refractivity contribution in [1.29, 1.82) is 0 Å². The molecule has 0 saturated carbocycles. The SMILES string of the molecule is CCNS(=O)(=O)c1ccccc1C(C(C)C)C(C)N. The molecule has 1 aromatic carbocycles. The van der Waals surface area contributed by atoms with Crippen molar-refractivity contribution in [3.63, 3.8) is 0 Å². The van der Waals surface area contributed by atoms with E-state index in [2.05, 4.69) is 18.6 Å². The van der Waals surface area contributed by atoms with Crippen LogP contribution in [0, 0.1) is 5.92 Å². The molecular formula is C14H24N2O2S. The van der Waals surface area contributed by atoms with Gasteiger partial charge in [0.25, 0.3) is 0 Å². The lowest BCUT2D eigenvalue weighted by molar-refractivity contribution is 0.429. The quantitative estimate of drug-likeness (QED) is 0.840. The maximum atomic E-state index is 12.3. The van der Waals surface area contributed by atoms with Crippen LogP contribution in [0.2, 0.25) is 0 Å². The Bertz CT molecular complexity index is 502. The second kappa shape index (κ2) is 6.50. The van der Waals surface area contributed by atoms with Crippen molar-refractivity contribution >= 4 is 10.0 Å². The van der Waals surface area contributed by atoms with Crippen LogP contribution in [0.1, 0.15) is 39.2 Å². The highest BCUT2D eigenvalue weighted by molar-refractivity contribution is 7.89. The minimum Gasteiger partial charge on any atom is -0.327 e. The number of hydrogen-bond donors (Lipinski definition) is 2. The largest absolute Gasteiger partial charge is 0.327 e. The van der Waals surface area contributed by atoms with E-state index in [1.165, 1.54) is 0 Å². The van der Waals surface area contributed by atoms with E-state index in [-0.39, 0.29) is 17.9 Å². The minimum absolute atomic E-state index is 0.0182. The molecule has 0 aliphatic heterocycles. The van der Waals surface area contributed by atoms with Crippen LogP contribution in [0.5, 0.6) is 0 Å². The standard InChI is InChI=1S/C14H24N2O2S/c1-5-16-19(17,18)13-9-7-6-8-12(13)14(10(2)3)11(4)15/h6-11,14,16H,5,15H2,1-4H3. The minimum atomic E-state index is -3.46. The van der Waals surface area contributed by atoms with Gasteiger partial charge < -0.3 is 5.73 Å². The first-order valence-electron chi connectivity index (χ1n) is 6.65. The van der Waals surface area contributed by atoms with Gasteiger partial charge in [-0.3, -0.25) is 0 Å². The predicted molar refractivity (Wildman–Crippen MR) is 78.5 cm³/mol. The van der Waals surface area contributed by atoms with Gasteiger partial charge in [0.2, 0.25) is 10.0 Å². The maximum absolute atomic E-state index is 12.3. The van der Waals surface area contributed by atoms with Crippen LogP contribution in [0.4, 0.5) is 0 Å². The molecule has 108 valence electrons. The monoisotopic (exact) mass is 284 g/mol. The Hall–Kier alpha value is -0.910. The van der Waals surface area contributed by atoms with E-state index >= 15 is 0 Å². The van der Waals surface area contributed by atoms with E-state index in [0.29, 0.717) is 11.4 Å². The second-order valence-corrected chi connectivity index (χ2v) is 6.90. The van der Waals surface area contributed by atoms with Crippen LogP contribution in [0.15, 0.2) is 29.2 Å². The summed E-state index contributed by atoms with van der Waals surface area (Å²) < 4.78 is 27.0. The van der Waals surface area contributed by atoms with Gasteiger partial charge in [-0.2, -0.15) is 0 Å². The van der Waals surface area contributed by atoms with Crippen molar-refractivity contribution in [3.05, 3.63) is 29.8 Å². The van der Waals surface area contributed by atoms with Crippen LogP contribution in [-0.2, 0) is 10.0 Å². The Labute approximate surface area is 116 Å². The summed E-state index contributed by atoms with van der Waals surface area (Å²) in [6, 6.07) is 7.01. The van der Waals surface area contributed by atoms with Crippen LogP contribution in [0.25, 0.3) is 0 Å². The molecule has 0 amide bonds. The average molecular weight is 284 g/mol. The molecule has 0 bridgehead atoms. The van der Waals surface area contributed by atoms with E-state index in [1.807, 2.05) is 19.1 Å². The zero-order chi connectivity index (χ0) is 14.6. The fraction of sp³-hybridized carbons (Fsp3) is 0.571. The zero-order valence-electron chi connectivity index (χ0n) is 12.1. The molecule has 0 heterocycles. The first-order valence-corrected chi connectivity index (χ1v) is 8.13. The highest BCUT2D eigenvalue weighted by Crippen LogP contribution is 2.31. The molecule has 0 aliphatic carbocycles. The van der Waals surface area contributed by atoms with Gasteiger partial charge in [-0.1, -0.05) is 39.0 Å². The predicted octanol–water partition coefficient (Wildman–Crippen LogP) is 2.07. The normalized spacial score (nSPS) is 15.5. The summed E-state index contributed by atoms with van der Waals surface area (Å²) in [4.78, 5) is 0.341. The average Bonchev–Trinajstić information content (AvgIpc) is 2.28. The van der Waals surface area contributed by atoms with E-state index < -0.39 is 10.0 Å². The lowest BCUT2D eigenvalue weighted by Crippen LogP contribution is -2.31. The molecule has 1 aromatic rings. The lowest BCUT2D eigenvalue weighted by Gasteiger charge is -2.27. The Morgan fingerprint density at radius 1 is 1.21 bits per heavy atom. The van der Waals surface area contributed by atoms with Gasteiger partial charge in [0.15, 0.2) is 0 Å². The summed E-state index contributed by atoms with van der Waals surface area (Å²) in [5.74, 6) is 0.294. The van der Waals surface area contributed by atoms with Crippen LogP contribution in [-0.4, -0.2) is 21.0 Å². The van der Waals surface area contributed by atoms with Crippen molar-refractivity contribution in [2.75, 3.05) is 6.54 Å². The van der Waals surface area contributed by atoms with Gasteiger partial charge in [0.05, 0.1) is 4.90 Å². The molecular weight excluding hydrogens is 260 g/mol. The second-order valence-electron chi connectivity index (χ2n) is 5.17. The summed E-state index contributed by atoms with van der Waals surface area (Å²) in [6.07, 6.45) is 0. The molecule has 3 N–H and O–H groups in total. The van der Waals surface area contributed by atoms with Crippen molar-refractivity contribution in [2.45, 2.75) is 44.6 Å². The van der Waals surface area contributed by atoms with Gasteiger partial charge >= 0.3 is 0 Å². The highest BCUT2D eigenvalue weighted by Gasteiger charge is 2.27. The number of hydrogen-bond acceptors (Lipinski definition) is 3. The molecule has 2 atom stereocenters. The van der Waals surface area contributed by atoms with Gasteiger partial charge in [-0.05, 0) is 24.5 Å². The van der Waals surface area contributed by atoms with Crippen molar-refractivity contribution in [3.8, 4) is 0 Å². The van der Waals surface area contributed by atoms with Crippen molar-refractivity contribution in [1.82, 2.24) is 4.72 Å². The lowest BCUT2D eigenvalue weighted by atomic mass is 9.83. The van der Waals surface area contributed by atoms with E-state index in [4.69, 9.17) is 5.73 Å². The highest BCUT2D eigenvalue weighted by atomic mass is 32.2. The number of sulfonamides is 1. The fourth-order valence-electron chi connectivity index (χ4n) is 2.52. The number of benzene rings is 1. The smallest absolute Gasteiger partial charge is 0.240 e. The Morgan fingerprint density at radius 3 is 2.26 bits per heavy atom. The zero-order valence-corrected chi connectivity index (χ0v) is 12.9. The summed E-state index contributed by atoms with van der Waals surface area (Å²) >= 11 is 0. The third-order valence-electron chi connectivity index (χ3n) is 3.19. The molecule has 0 saturated heterocycles. The molecule has 1 rings (SSSR count). The van der Waals surface area contributed by atoms with Gasteiger partial charge in [0, 0.05) is 18.5 Å². The molecule has 0 aromatic heterocycles. The number of nitrogens with two attached hydrogens (primary N) is 1. The first-order chi connectivity index (χ1) is 8.81. The third-order valence-corrected chi connectivity index (χ3v) is 4.81. The third kappa shape index (κ3) is 3.78. The molecule has 2 unspecified atom stereocenters.